The molecule has 3 rings (SSSR count). The number of hydrogen-bond donors (Lipinski definition) is 1. The Balaban J connectivity index is 0.00000261. The van der Waals surface area contributed by atoms with E-state index in [9.17, 15) is 13.2 Å². The van der Waals surface area contributed by atoms with E-state index in [1.165, 1.54) is 21.3 Å². The maximum absolute atomic E-state index is 12.8. The first kappa shape index (κ1) is 21.2. The number of carbonyl (C=O) groups excluding carboxylic acids is 1. The Bertz CT molecular complexity index is 873. The summed E-state index contributed by atoms with van der Waals surface area (Å²) in [4.78, 5) is 22.4. The third-order valence-electron chi connectivity index (χ3n) is 4.16. The molecule has 0 saturated carbocycles. The molecule has 2 aromatic rings. The van der Waals surface area contributed by atoms with Crippen molar-refractivity contribution in [3.63, 3.8) is 0 Å². The molecule has 0 radical (unpaired) electrons. The van der Waals surface area contributed by atoms with Crippen molar-refractivity contribution >= 4 is 28.3 Å². The number of sulfonamides is 1. The van der Waals surface area contributed by atoms with Gasteiger partial charge in [0.05, 0.1) is 23.3 Å². The number of aromatic nitrogens is 2. The number of nitrogens with zero attached hydrogens (tertiary/aromatic N) is 4. The summed E-state index contributed by atoms with van der Waals surface area (Å²) in [7, 11) is -1.96. The summed E-state index contributed by atoms with van der Waals surface area (Å²) >= 11 is 0. The van der Waals surface area contributed by atoms with Gasteiger partial charge in [0.2, 0.25) is 10.0 Å². The third-order valence-corrected chi connectivity index (χ3v) is 6.05. The summed E-state index contributed by atoms with van der Waals surface area (Å²) in [6, 6.07) is 6.18. The Labute approximate surface area is 165 Å². The first-order valence-corrected chi connectivity index (χ1v) is 9.74. The van der Waals surface area contributed by atoms with E-state index in [-0.39, 0.29) is 23.2 Å². The summed E-state index contributed by atoms with van der Waals surface area (Å²) in [5, 5.41) is 3.13. The molecule has 27 heavy (non-hydrogen) atoms. The first-order chi connectivity index (χ1) is 12.5. The summed E-state index contributed by atoms with van der Waals surface area (Å²) in [6.45, 7) is 2.39. The molecule has 1 aliphatic heterocycles. The molecule has 1 saturated heterocycles. The van der Waals surface area contributed by atoms with E-state index in [0.29, 0.717) is 44.0 Å². The second-order valence-electron chi connectivity index (χ2n) is 6.04. The zero-order valence-corrected chi connectivity index (χ0v) is 16.5. The van der Waals surface area contributed by atoms with Crippen LogP contribution >= 0.6 is 12.4 Å². The van der Waals surface area contributed by atoms with Crippen molar-refractivity contribution in [2.75, 3.05) is 33.2 Å². The number of benzene rings is 1. The van der Waals surface area contributed by atoms with E-state index in [1.807, 2.05) is 0 Å². The van der Waals surface area contributed by atoms with Crippen LogP contribution in [0, 0.1) is 0 Å². The zero-order chi connectivity index (χ0) is 18.6. The maximum Gasteiger partial charge on any atom is 0.253 e. The fraction of sp³-hybridized carbons (Fsp3) is 0.353. The van der Waals surface area contributed by atoms with Gasteiger partial charge in [0, 0.05) is 51.2 Å². The van der Waals surface area contributed by atoms with Crippen LogP contribution in [-0.4, -0.2) is 66.7 Å². The molecule has 0 atom stereocenters. The van der Waals surface area contributed by atoms with Crippen LogP contribution in [0.15, 0.2) is 47.8 Å². The van der Waals surface area contributed by atoms with Crippen LogP contribution in [0.2, 0.25) is 0 Å². The predicted octanol–water partition coefficient (Wildman–Crippen LogP) is 0.765. The van der Waals surface area contributed by atoms with E-state index in [4.69, 9.17) is 0 Å². The molecule has 1 aromatic carbocycles. The van der Waals surface area contributed by atoms with Crippen molar-refractivity contribution in [2.45, 2.75) is 11.4 Å². The van der Waals surface area contributed by atoms with Crippen LogP contribution in [0.25, 0.3) is 0 Å². The van der Waals surface area contributed by atoms with Crippen molar-refractivity contribution in [1.82, 2.24) is 24.5 Å². The fourth-order valence-electron chi connectivity index (χ4n) is 2.77. The lowest BCUT2D eigenvalue weighted by molar-refractivity contribution is 0.0783. The van der Waals surface area contributed by atoms with Gasteiger partial charge in [0.1, 0.15) is 0 Å². The van der Waals surface area contributed by atoms with Crippen LogP contribution in [0.5, 0.6) is 0 Å². The Kier molecular flexibility index (Phi) is 7.25. The number of carbonyl (C=O) groups is 1. The Morgan fingerprint density at radius 3 is 2.67 bits per heavy atom. The minimum absolute atomic E-state index is 0. The molecule has 0 unspecified atom stereocenters. The van der Waals surface area contributed by atoms with E-state index in [0.717, 1.165) is 0 Å². The van der Waals surface area contributed by atoms with E-state index in [2.05, 4.69) is 15.3 Å². The molecule has 1 fully saturated rings. The van der Waals surface area contributed by atoms with Crippen LogP contribution in [-0.2, 0) is 16.6 Å². The third kappa shape index (κ3) is 5.01. The Morgan fingerprint density at radius 1 is 1.26 bits per heavy atom. The average Bonchev–Trinajstić information content (AvgIpc) is 2.69. The molecular weight excluding hydrogens is 390 g/mol. The van der Waals surface area contributed by atoms with Crippen LogP contribution in [0.4, 0.5) is 0 Å². The highest BCUT2D eigenvalue weighted by atomic mass is 35.5. The van der Waals surface area contributed by atoms with Crippen LogP contribution in [0.1, 0.15) is 16.1 Å². The molecule has 10 heteroatoms. The van der Waals surface area contributed by atoms with Crippen molar-refractivity contribution in [3.05, 3.63) is 54.1 Å². The molecule has 2 heterocycles. The summed E-state index contributed by atoms with van der Waals surface area (Å²) in [5.41, 5.74) is 0.987. The minimum Gasteiger partial charge on any atom is -0.336 e. The number of nitrogens with one attached hydrogen (secondary N) is 1. The second kappa shape index (κ2) is 9.23. The topological polar surface area (TPSA) is 95.5 Å². The minimum atomic E-state index is -3.60. The van der Waals surface area contributed by atoms with Gasteiger partial charge in [-0.3, -0.25) is 14.8 Å². The van der Waals surface area contributed by atoms with Gasteiger partial charge < -0.3 is 10.2 Å². The molecular formula is C17H22ClN5O3S. The molecule has 146 valence electrons. The van der Waals surface area contributed by atoms with Crippen molar-refractivity contribution < 1.29 is 13.2 Å². The quantitative estimate of drug-likeness (QED) is 0.780. The smallest absolute Gasteiger partial charge is 0.253 e. The fourth-order valence-corrected chi connectivity index (χ4v) is 4.26. The van der Waals surface area contributed by atoms with Gasteiger partial charge in [-0.25, -0.2) is 8.42 Å². The monoisotopic (exact) mass is 411 g/mol. The van der Waals surface area contributed by atoms with Crippen LogP contribution in [0.3, 0.4) is 0 Å². The molecule has 1 aliphatic rings. The largest absolute Gasteiger partial charge is 0.336 e. The summed E-state index contributed by atoms with van der Waals surface area (Å²) in [5.74, 6) is -0.270. The van der Waals surface area contributed by atoms with Gasteiger partial charge in [-0.15, -0.1) is 12.4 Å². The molecule has 1 aromatic heterocycles. The highest BCUT2D eigenvalue weighted by molar-refractivity contribution is 7.89. The lowest BCUT2D eigenvalue weighted by Gasteiger charge is -2.26. The van der Waals surface area contributed by atoms with Gasteiger partial charge in [-0.2, -0.15) is 4.31 Å². The van der Waals surface area contributed by atoms with Gasteiger partial charge in [-0.1, -0.05) is 6.07 Å². The van der Waals surface area contributed by atoms with Crippen molar-refractivity contribution in [1.29, 1.82) is 0 Å². The normalized spacial score (nSPS) is 15.0. The maximum atomic E-state index is 12.8. The molecule has 0 aliphatic carbocycles. The van der Waals surface area contributed by atoms with E-state index in [1.54, 1.807) is 37.8 Å². The second-order valence-corrected chi connectivity index (χ2v) is 7.98. The number of amides is 1. The lowest BCUT2D eigenvalue weighted by atomic mass is 10.2. The number of hydrogen-bond acceptors (Lipinski definition) is 6. The Morgan fingerprint density at radius 2 is 2.00 bits per heavy atom. The molecule has 8 nitrogen and oxygen atoms in total. The van der Waals surface area contributed by atoms with E-state index >= 15 is 0 Å². The lowest BCUT2D eigenvalue weighted by Crippen LogP contribution is -2.46. The summed E-state index contributed by atoms with van der Waals surface area (Å²) < 4.78 is 27.0. The number of halogens is 1. The zero-order valence-electron chi connectivity index (χ0n) is 14.9. The van der Waals surface area contributed by atoms with Gasteiger partial charge in [0.15, 0.2) is 0 Å². The van der Waals surface area contributed by atoms with Gasteiger partial charge in [-0.05, 0) is 18.2 Å². The van der Waals surface area contributed by atoms with Crippen molar-refractivity contribution in [3.8, 4) is 0 Å². The molecule has 1 N–H and O–H groups in total. The Hall–Kier alpha value is -2.07. The molecule has 0 bridgehead atoms. The van der Waals surface area contributed by atoms with Gasteiger partial charge >= 0.3 is 0 Å². The standard InChI is InChI=1S/C17H21N5O3S.ClH/c1-21(13-15-12-19-5-6-20-15)17(23)14-3-2-4-16(11-14)26(24,25)22-9-7-18-8-10-22;/h2-6,11-12,18H,7-10,13H2,1H3;1H. The van der Waals surface area contributed by atoms with Crippen molar-refractivity contribution in [2.24, 2.45) is 0 Å². The molecule has 1 amide bonds. The molecule has 0 spiro atoms. The SMILES string of the molecule is CN(Cc1cnccn1)C(=O)c1cccc(S(=O)(=O)N2CCNCC2)c1.Cl. The first-order valence-electron chi connectivity index (χ1n) is 8.30. The number of rotatable bonds is 5. The highest BCUT2D eigenvalue weighted by Crippen LogP contribution is 2.18. The van der Waals surface area contributed by atoms with Gasteiger partial charge in [0.25, 0.3) is 5.91 Å². The number of piperazine rings is 1. The van der Waals surface area contributed by atoms with Crippen LogP contribution < -0.4 is 5.32 Å². The summed E-state index contributed by atoms with van der Waals surface area (Å²) in [6.07, 6.45) is 4.72. The highest BCUT2D eigenvalue weighted by Gasteiger charge is 2.26. The van der Waals surface area contributed by atoms with E-state index < -0.39 is 10.0 Å². The average molecular weight is 412 g/mol. The predicted molar refractivity (Wildman–Crippen MR) is 103 cm³/mol.